The molecule has 0 aliphatic carbocycles. The number of nitrogens with two attached hydrogens (primary N) is 1. The molecule has 6 heteroatoms. The largest absolute Gasteiger partial charge is 0.397 e. The normalized spacial score (nSPS) is 17.6. The highest BCUT2D eigenvalue weighted by Crippen LogP contribution is 2.35. The molecule has 0 amide bonds. The van der Waals surface area contributed by atoms with Gasteiger partial charge in [0.25, 0.3) is 0 Å². The third-order valence-electron chi connectivity index (χ3n) is 5.16. The molecule has 0 spiro atoms. The monoisotopic (exact) mass is 376 g/mol. The van der Waals surface area contributed by atoms with Gasteiger partial charge in [0.2, 0.25) is 0 Å². The highest BCUT2D eigenvalue weighted by molar-refractivity contribution is 5.94. The van der Waals surface area contributed by atoms with Crippen LogP contribution in [0.25, 0.3) is 16.5 Å². The van der Waals surface area contributed by atoms with E-state index < -0.39 is 0 Å². The van der Waals surface area contributed by atoms with Crippen LogP contribution in [0.15, 0.2) is 54.7 Å². The van der Waals surface area contributed by atoms with Crippen molar-refractivity contribution < 1.29 is 10.0 Å². The molecule has 4 rings (SSSR count). The molecule has 0 radical (unpaired) electrons. The van der Waals surface area contributed by atoms with Crippen LogP contribution in [0.4, 0.5) is 11.4 Å². The summed E-state index contributed by atoms with van der Waals surface area (Å²) >= 11 is 0. The van der Waals surface area contributed by atoms with E-state index in [1.807, 2.05) is 42.5 Å². The summed E-state index contributed by atoms with van der Waals surface area (Å²) in [6.45, 7) is 4.19. The number of anilines is 2. The van der Waals surface area contributed by atoms with Gasteiger partial charge in [-0.25, -0.2) is 4.84 Å². The minimum atomic E-state index is -0.0732. The van der Waals surface area contributed by atoms with Crippen molar-refractivity contribution in [3.63, 3.8) is 0 Å². The number of hydrogen-bond acceptors (Lipinski definition) is 6. The maximum absolute atomic E-state index is 10.6. The smallest absolute Gasteiger partial charge is 0.102 e. The van der Waals surface area contributed by atoms with Crippen LogP contribution in [0.5, 0.6) is 0 Å². The second kappa shape index (κ2) is 7.58. The van der Waals surface area contributed by atoms with Crippen LogP contribution >= 0.6 is 0 Å². The molecule has 0 saturated heterocycles. The van der Waals surface area contributed by atoms with E-state index in [-0.39, 0.29) is 12.0 Å². The fourth-order valence-electron chi connectivity index (χ4n) is 3.59. The van der Waals surface area contributed by atoms with Crippen molar-refractivity contribution >= 4 is 27.9 Å². The molecular weight excluding hydrogens is 352 g/mol. The van der Waals surface area contributed by atoms with Crippen molar-refractivity contribution in [2.24, 2.45) is 5.92 Å². The Kier molecular flexibility index (Phi) is 4.98. The molecule has 1 unspecified atom stereocenters. The first kappa shape index (κ1) is 18.4. The lowest BCUT2D eigenvalue weighted by Gasteiger charge is -2.26. The van der Waals surface area contributed by atoms with Crippen molar-refractivity contribution in [2.45, 2.75) is 32.8 Å². The van der Waals surface area contributed by atoms with E-state index in [9.17, 15) is 5.21 Å². The average Bonchev–Trinajstić information content (AvgIpc) is 2.76. The molecule has 1 aliphatic rings. The van der Waals surface area contributed by atoms with Gasteiger partial charge in [-0.1, -0.05) is 44.2 Å². The van der Waals surface area contributed by atoms with E-state index in [1.54, 1.807) is 6.20 Å². The quantitative estimate of drug-likeness (QED) is 0.680. The highest BCUT2D eigenvalue weighted by Gasteiger charge is 2.23. The van der Waals surface area contributed by atoms with Gasteiger partial charge in [-0.15, -0.1) is 5.23 Å². The summed E-state index contributed by atoms with van der Waals surface area (Å²) in [5.41, 5.74) is 10.9. The van der Waals surface area contributed by atoms with Crippen LogP contribution in [-0.2, 0) is 4.84 Å². The molecule has 3 N–H and O–H groups in total. The van der Waals surface area contributed by atoms with Gasteiger partial charge in [0, 0.05) is 10.9 Å². The molecule has 0 bridgehead atoms. The fourth-order valence-corrected chi connectivity index (χ4v) is 3.59. The zero-order valence-electron chi connectivity index (χ0n) is 16.0. The predicted molar refractivity (Wildman–Crippen MR) is 111 cm³/mol. The lowest BCUT2D eigenvalue weighted by atomic mass is 9.93. The van der Waals surface area contributed by atoms with E-state index in [0.717, 1.165) is 45.7 Å². The average molecular weight is 376 g/mol. The minimum Gasteiger partial charge on any atom is -0.397 e. The second-order valence-electron chi connectivity index (χ2n) is 7.40. The van der Waals surface area contributed by atoms with Crippen LogP contribution in [-0.4, -0.2) is 21.5 Å². The maximum atomic E-state index is 10.6. The summed E-state index contributed by atoms with van der Waals surface area (Å²) in [4.78, 5) is 5.85. The molecule has 6 nitrogen and oxygen atoms in total. The summed E-state index contributed by atoms with van der Waals surface area (Å²) in [5, 5.41) is 20.6. The number of nitrogen functional groups attached to an aromatic ring is 1. The molecule has 0 saturated carbocycles. The predicted octanol–water partition coefficient (Wildman–Crippen LogP) is 4.59. The molecule has 2 aromatic carbocycles. The molecule has 0 fully saturated rings. The first-order valence-corrected chi connectivity index (χ1v) is 9.51. The molecule has 28 heavy (non-hydrogen) atoms. The van der Waals surface area contributed by atoms with E-state index in [0.29, 0.717) is 11.4 Å². The summed E-state index contributed by atoms with van der Waals surface area (Å²) in [6.07, 6.45) is 5.34. The first-order chi connectivity index (χ1) is 13.5. The van der Waals surface area contributed by atoms with E-state index in [4.69, 9.17) is 10.6 Å². The Morgan fingerprint density at radius 2 is 2.04 bits per heavy atom. The Balaban J connectivity index is 1.85. The number of rotatable bonds is 2. The first-order valence-electron chi connectivity index (χ1n) is 9.51. The number of fused-ring (bicyclic) bond motifs is 2. The molecule has 3 aromatic rings. The van der Waals surface area contributed by atoms with Crippen molar-refractivity contribution in [1.82, 2.24) is 10.2 Å². The minimum absolute atomic E-state index is 0.0732. The Hall–Kier alpha value is -2.96. The van der Waals surface area contributed by atoms with Crippen LogP contribution < -0.4 is 11.0 Å². The molecule has 2 heterocycles. The van der Waals surface area contributed by atoms with Crippen LogP contribution in [0.1, 0.15) is 37.8 Å². The SMILES string of the molecule is CC(C)C1CCC=C(c2ccc3c(N)cnnc3c2)c2ccccc2N(O)O1. The number of benzene rings is 2. The van der Waals surface area contributed by atoms with Gasteiger partial charge in [-0.2, -0.15) is 10.2 Å². The van der Waals surface area contributed by atoms with Crippen molar-refractivity contribution in [3.8, 4) is 0 Å². The molecule has 1 aromatic heterocycles. The Bertz CT molecular complexity index is 1030. The number of para-hydroxylation sites is 1. The van der Waals surface area contributed by atoms with Crippen LogP contribution in [0.3, 0.4) is 0 Å². The van der Waals surface area contributed by atoms with Crippen LogP contribution in [0, 0.1) is 5.92 Å². The third kappa shape index (κ3) is 3.44. The second-order valence-corrected chi connectivity index (χ2v) is 7.40. The number of nitrogens with zero attached hydrogens (tertiary/aromatic N) is 3. The van der Waals surface area contributed by atoms with Gasteiger partial charge in [-0.05, 0) is 48.1 Å². The Morgan fingerprint density at radius 1 is 1.21 bits per heavy atom. The maximum Gasteiger partial charge on any atom is 0.102 e. The van der Waals surface area contributed by atoms with E-state index in [1.165, 1.54) is 0 Å². The number of aromatic nitrogens is 2. The third-order valence-corrected chi connectivity index (χ3v) is 5.16. The zero-order valence-corrected chi connectivity index (χ0v) is 16.0. The molecule has 1 atom stereocenters. The van der Waals surface area contributed by atoms with Gasteiger partial charge in [0.1, 0.15) is 5.69 Å². The lowest BCUT2D eigenvalue weighted by molar-refractivity contribution is -0.101. The van der Waals surface area contributed by atoms with Gasteiger partial charge in [0.05, 0.1) is 23.5 Å². The van der Waals surface area contributed by atoms with E-state index in [2.05, 4.69) is 30.1 Å². The van der Waals surface area contributed by atoms with Crippen LogP contribution in [0.2, 0.25) is 0 Å². The van der Waals surface area contributed by atoms with Crippen molar-refractivity contribution in [2.75, 3.05) is 11.0 Å². The molecular formula is C22H24N4O2. The molecule has 144 valence electrons. The van der Waals surface area contributed by atoms with Crippen molar-refractivity contribution in [3.05, 3.63) is 65.9 Å². The Morgan fingerprint density at radius 3 is 2.86 bits per heavy atom. The summed E-state index contributed by atoms with van der Waals surface area (Å²) in [7, 11) is 0. The summed E-state index contributed by atoms with van der Waals surface area (Å²) in [5.74, 6) is 0.288. The van der Waals surface area contributed by atoms with Crippen molar-refractivity contribution in [1.29, 1.82) is 0 Å². The van der Waals surface area contributed by atoms with Gasteiger partial charge in [0.15, 0.2) is 0 Å². The standard InChI is InChI=1S/C22H24N4O2/c1-14(2)22-9-5-7-16(17-6-3-4-8-21(17)26(27)28-22)15-10-11-18-19(23)13-24-25-20(18)12-15/h3-4,6-8,10-14,22,27H,5,9H2,1-2H3,(H2,23,25). The van der Waals surface area contributed by atoms with Gasteiger partial charge in [-0.3, -0.25) is 5.21 Å². The van der Waals surface area contributed by atoms with Gasteiger partial charge >= 0.3 is 0 Å². The number of allylic oxidation sites excluding steroid dienone is 1. The number of hydrogen-bond donors (Lipinski definition) is 2. The Labute approximate surface area is 164 Å². The van der Waals surface area contributed by atoms with Gasteiger partial charge < -0.3 is 5.73 Å². The lowest BCUT2D eigenvalue weighted by Crippen LogP contribution is -2.30. The topological polar surface area (TPSA) is 84.5 Å². The molecule has 1 aliphatic heterocycles. The summed E-state index contributed by atoms with van der Waals surface area (Å²) in [6, 6.07) is 13.7. The zero-order chi connectivity index (χ0) is 19.7. The highest BCUT2D eigenvalue weighted by atomic mass is 16.9. The van der Waals surface area contributed by atoms with E-state index >= 15 is 0 Å². The summed E-state index contributed by atoms with van der Waals surface area (Å²) < 4.78 is 0. The fraction of sp³-hybridized carbons (Fsp3) is 0.273.